The summed E-state index contributed by atoms with van der Waals surface area (Å²) in [6.07, 6.45) is 2.93. The van der Waals surface area contributed by atoms with E-state index < -0.39 is 21.5 Å². The third-order valence-corrected chi connectivity index (χ3v) is 5.34. The monoisotopic (exact) mass is 458 g/mol. The Morgan fingerprint density at radius 3 is 2.65 bits per heavy atom. The summed E-state index contributed by atoms with van der Waals surface area (Å²) in [5, 5.41) is 4.37. The molecule has 0 radical (unpaired) electrons. The SMILES string of the molecule is Cc1nc(-c2cn3c(n2)-c2cnc(OS(=O)(=O)C(F)(F)F)cc2OCC3)n(C(C)C)n1. The Kier molecular flexibility index (Phi) is 4.91. The summed E-state index contributed by atoms with van der Waals surface area (Å²) in [5.74, 6) is 0.937. The first-order valence-corrected chi connectivity index (χ1v) is 10.5. The number of alkyl halides is 3. The van der Waals surface area contributed by atoms with Gasteiger partial charge in [-0.15, -0.1) is 0 Å². The van der Waals surface area contributed by atoms with Crippen molar-refractivity contribution in [2.45, 2.75) is 38.9 Å². The first kappa shape index (κ1) is 21.1. The summed E-state index contributed by atoms with van der Waals surface area (Å²) in [4.78, 5) is 12.7. The fourth-order valence-corrected chi connectivity index (χ4v) is 3.45. The van der Waals surface area contributed by atoms with E-state index in [4.69, 9.17) is 4.74 Å². The summed E-state index contributed by atoms with van der Waals surface area (Å²) in [5.41, 5.74) is -4.65. The normalized spacial score (nSPS) is 14.0. The van der Waals surface area contributed by atoms with Crippen molar-refractivity contribution in [2.24, 2.45) is 0 Å². The fourth-order valence-electron chi connectivity index (χ4n) is 3.04. The van der Waals surface area contributed by atoms with E-state index >= 15 is 0 Å². The van der Waals surface area contributed by atoms with Gasteiger partial charge >= 0.3 is 15.6 Å². The number of fused-ring (bicyclic) bond motifs is 3. The van der Waals surface area contributed by atoms with Crippen molar-refractivity contribution in [1.82, 2.24) is 29.3 Å². The number of hydrogen-bond donors (Lipinski definition) is 0. The van der Waals surface area contributed by atoms with Gasteiger partial charge in [0.25, 0.3) is 0 Å². The van der Waals surface area contributed by atoms with Gasteiger partial charge in [0.05, 0.1) is 12.1 Å². The molecular formula is C17H17F3N6O4S. The molecule has 0 spiro atoms. The van der Waals surface area contributed by atoms with Crippen molar-refractivity contribution in [3.8, 4) is 34.5 Å². The third kappa shape index (κ3) is 3.82. The van der Waals surface area contributed by atoms with Crippen LogP contribution in [-0.2, 0) is 16.7 Å². The van der Waals surface area contributed by atoms with E-state index in [1.807, 2.05) is 13.8 Å². The summed E-state index contributed by atoms with van der Waals surface area (Å²) in [6, 6.07) is 1.04. The van der Waals surface area contributed by atoms with Gasteiger partial charge in [0, 0.05) is 24.5 Å². The second-order valence-corrected chi connectivity index (χ2v) is 8.55. The lowest BCUT2D eigenvalue weighted by atomic mass is 10.2. The molecule has 0 N–H and O–H groups in total. The zero-order valence-corrected chi connectivity index (χ0v) is 17.4. The molecule has 0 aromatic carbocycles. The largest absolute Gasteiger partial charge is 0.534 e. The van der Waals surface area contributed by atoms with Crippen molar-refractivity contribution in [3.63, 3.8) is 0 Å². The predicted molar refractivity (Wildman–Crippen MR) is 101 cm³/mol. The molecule has 4 heterocycles. The van der Waals surface area contributed by atoms with Crippen LogP contribution in [0.1, 0.15) is 25.7 Å². The number of pyridine rings is 1. The maximum atomic E-state index is 12.6. The molecule has 0 bridgehead atoms. The topological polar surface area (TPSA) is 114 Å². The Morgan fingerprint density at radius 2 is 1.97 bits per heavy atom. The summed E-state index contributed by atoms with van der Waals surface area (Å²) >= 11 is 0. The van der Waals surface area contributed by atoms with Gasteiger partial charge in [0.1, 0.15) is 29.7 Å². The maximum absolute atomic E-state index is 12.6. The lowest BCUT2D eigenvalue weighted by Crippen LogP contribution is -2.28. The molecule has 0 saturated carbocycles. The molecule has 3 aromatic rings. The number of ether oxygens (including phenoxy) is 1. The van der Waals surface area contributed by atoms with Crippen LogP contribution in [0.2, 0.25) is 0 Å². The van der Waals surface area contributed by atoms with Gasteiger partial charge in [0.2, 0.25) is 5.88 Å². The Bertz CT molecular complexity index is 1250. The zero-order chi connectivity index (χ0) is 22.6. The molecule has 0 amide bonds. The second-order valence-electron chi connectivity index (χ2n) is 7.01. The van der Waals surface area contributed by atoms with E-state index in [9.17, 15) is 21.6 Å². The van der Waals surface area contributed by atoms with Gasteiger partial charge < -0.3 is 13.5 Å². The lowest BCUT2D eigenvalue weighted by Gasteiger charge is -2.11. The molecule has 1 aliphatic rings. The van der Waals surface area contributed by atoms with Crippen molar-refractivity contribution >= 4 is 10.1 Å². The van der Waals surface area contributed by atoms with Crippen LogP contribution in [0, 0.1) is 6.92 Å². The smallest absolute Gasteiger partial charge is 0.491 e. The zero-order valence-electron chi connectivity index (χ0n) is 16.6. The molecule has 0 saturated heterocycles. The van der Waals surface area contributed by atoms with E-state index in [0.717, 1.165) is 12.3 Å². The second kappa shape index (κ2) is 7.21. The highest BCUT2D eigenvalue weighted by Crippen LogP contribution is 2.36. The highest BCUT2D eigenvalue weighted by molar-refractivity contribution is 7.87. The minimum atomic E-state index is -5.85. The van der Waals surface area contributed by atoms with Crippen LogP contribution in [0.4, 0.5) is 13.2 Å². The molecule has 0 unspecified atom stereocenters. The highest BCUT2D eigenvalue weighted by atomic mass is 32.2. The van der Waals surface area contributed by atoms with E-state index in [1.54, 1.807) is 22.4 Å². The molecule has 166 valence electrons. The van der Waals surface area contributed by atoms with E-state index in [-0.39, 0.29) is 18.4 Å². The van der Waals surface area contributed by atoms with Crippen LogP contribution in [0.25, 0.3) is 22.9 Å². The number of hydrogen-bond acceptors (Lipinski definition) is 8. The number of halogens is 3. The van der Waals surface area contributed by atoms with Crippen molar-refractivity contribution < 1.29 is 30.5 Å². The standard InChI is InChI=1S/C17H17F3N6O4S/c1-9(2)26-16(22-10(3)24-26)12-8-25-4-5-29-13-6-14(21-7-11(13)15(25)23-12)30-31(27,28)17(18,19)20/h6-9H,4-5H2,1-3H3. The van der Waals surface area contributed by atoms with E-state index in [1.165, 1.54) is 0 Å². The maximum Gasteiger partial charge on any atom is 0.534 e. The Balaban J connectivity index is 1.74. The Labute approximate surface area is 174 Å². The lowest BCUT2D eigenvalue weighted by molar-refractivity contribution is -0.0501. The third-order valence-electron chi connectivity index (χ3n) is 4.38. The predicted octanol–water partition coefficient (Wildman–Crippen LogP) is 2.71. The molecule has 1 aliphatic heterocycles. The molecule has 10 nitrogen and oxygen atoms in total. The average Bonchev–Trinajstić information content (AvgIpc) is 3.20. The van der Waals surface area contributed by atoms with Crippen molar-refractivity contribution in [1.29, 1.82) is 0 Å². The number of aromatic nitrogens is 6. The number of aryl methyl sites for hydroxylation is 1. The first-order valence-electron chi connectivity index (χ1n) is 9.11. The molecule has 14 heteroatoms. The quantitative estimate of drug-likeness (QED) is 0.433. The molecule has 4 rings (SSSR count). The highest BCUT2D eigenvalue weighted by Gasteiger charge is 2.49. The van der Waals surface area contributed by atoms with Crippen LogP contribution in [0.3, 0.4) is 0 Å². The van der Waals surface area contributed by atoms with Crippen LogP contribution in [0.15, 0.2) is 18.5 Å². The minimum absolute atomic E-state index is 0.0466. The van der Waals surface area contributed by atoms with Gasteiger partial charge in [-0.2, -0.15) is 26.7 Å². The molecule has 0 aliphatic carbocycles. The van der Waals surface area contributed by atoms with Crippen LogP contribution < -0.4 is 8.92 Å². The minimum Gasteiger partial charge on any atom is -0.491 e. The van der Waals surface area contributed by atoms with Crippen molar-refractivity contribution in [3.05, 3.63) is 24.3 Å². The molecule has 0 atom stereocenters. The molecular weight excluding hydrogens is 441 g/mol. The molecule has 3 aromatic heterocycles. The summed E-state index contributed by atoms with van der Waals surface area (Å²) in [6.45, 7) is 6.25. The van der Waals surface area contributed by atoms with Crippen molar-refractivity contribution in [2.75, 3.05) is 6.61 Å². The summed E-state index contributed by atoms with van der Waals surface area (Å²) < 4.78 is 73.4. The average molecular weight is 458 g/mol. The van der Waals surface area contributed by atoms with Crippen LogP contribution in [-0.4, -0.2) is 49.8 Å². The van der Waals surface area contributed by atoms with Gasteiger partial charge in [-0.1, -0.05) is 0 Å². The van der Waals surface area contributed by atoms with E-state index in [2.05, 4.69) is 24.2 Å². The molecule has 0 fully saturated rings. The fraction of sp³-hybridized carbons (Fsp3) is 0.412. The summed E-state index contributed by atoms with van der Waals surface area (Å²) in [7, 11) is -5.85. The Morgan fingerprint density at radius 1 is 1.23 bits per heavy atom. The Hall–Kier alpha value is -3.16. The van der Waals surface area contributed by atoms with Gasteiger partial charge in [0.15, 0.2) is 5.82 Å². The molecule has 31 heavy (non-hydrogen) atoms. The first-order chi connectivity index (χ1) is 14.5. The van der Waals surface area contributed by atoms with Crippen LogP contribution in [0.5, 0.6) is 11.6 Å². The number of rotatable bonds is 4. The number of nitrogens with zero attached hydrogens (tertiary/aromatic N) is 6. The van der Waals surface area contributed by atoms with Gasteiger partial charge in [-0.25, -0.2) is 19.6 Å². The van der Waals surface area contributed by atoms with Gasteiger partial charge in [-0.05, 0) is 20.8 Å². The number of imidazole rings is 1. The van der Waals surface area contributed by atoms with Gasteiger partial charge in [-0.3, -0.25) is 0 Å². The van der Waals surface area contributed by atoms with Crippen LogP contribution >= 0.6 is 0 Å². The van der Waals surface area contributed by atoms with E-state index in [0.29, 0.717) is 35.3 Å².